The maximum atomic E-state index is 12.7. The van der Waals surface area contributed by atoms with Crippen LogP contribution in [0.3, 0.4) is 0 Å². The minimum absolute atomic E-state index is 0.116. The third-order valence-electron chi connectivity index (χ3n) is 2.26. The molecule has 0 saturated carbocycles. The number of carbonyl (C=O) groups excluding carboxylic acids is 1. The quantitative estimate of drug-likeness (QED) is 0.743. The van der Waals surface area contributed by atoms with Gasteiger partial charge in [0.15, 0.2) is 0 Å². The molecule has 0 spiro atoms. The first kappa shape index (κ1) is 10.8. The van der Waals surface area contributed by atoms with Crippen molar-refractivity contribution in [2.45, 2.75) is 6.18 Å². The van der Waals surface area contributed by atoms with Gasteiger partial charge >= 0.3 is 12.3 Å². The predicted octanol–water partition coefficient (Wildman–Crippen LogP) is 2.66. The first-order chi connectivity index (χ1) is 7.50. The molecule has 1 aliphatic heterocycles. The Labute approximate surface area is 89.4 Å². The van der Waals surface area contributed by atoms with Gasteiger partial charge in [0.1, 0.15) is 6.61 Å². The Hall–Kier alpha value is -1.72. The molecule has 1 amide bonds. The average molecular weight is 231 g/mol. The second-order valence-electron chi connectivity index (χ2n) is 3.28. The fraction of sp³-hybridized carbons (Fsp3) is 0.300. The molecule has 1 aromatic rings. The van der Waals surface area contributed by atoms with Gasteiger partial charge in [0.05, 0.1) is 17.8 Å². The van der Waals surface area contributed by atoms with Crippen molar-refractivity contribution in [1.82, 2.24) is 0 Å². The van der Waals surface area contributed by atoms with E-state index in [9.17, 15) is 18.0 Å². The van der Waals surface area contributed by atoms with Crippen LogP contribution in [0.2, 0.25) is 0 Å². The molecule has 0 unspecified atom stereocenters. The van der Waals surface area contributed by atoms with Crippen LogP contribution in [0.4, 0.5) is 23.7 Å². The van der Waals surface area contributed by atoms with E-state index in [1.807, 2.05) is 0 Å². The number of nitrogens with zero attached hydrogens (tertiary/aromatic N) is 1. The maximum absolute atomic E-state index is 12.7. The number of ether oxygens (including phenoxy) is 1. The highest BCUT2D eigenvalue weighted by Crippen LogP contribution is 2.37. The number of carbonyl (C=O) groups is 1. The fourth-order valence-corrected chi connectivity index (χ4v) is 1.56. The lowest BCUT2D eigenvalue weighted by Crippen LogP contribution is -2.26. The number of amides is 1. The van der Waals surface area contributed by atoms with Crippen LogP contribution in [0.15, 0.2) is 24.3 Å². The van der Waals surface area contributed by atoms with Gasteiger partial charge in [-0.2, -0.15) is 13.2 Å². The van der Waals surface area contributed by atoms with Gasteiger partial charge in [-0.1, -0.05) is 12.1 Å². The highest BCUT2D eigenvalue weighted by molar-refractivity contribution is 5.90. The molecular formula is C10H8F3NO2. The third-order valence-corrected chi connectivity index (χ3v) is 2.26. The zero-order valence-corrected chi connectivity index (χ0v) is 8.12. The van der Waals surface area contributed by atoms with Crippen molar-refractivity contribution in [2.24, 2.45) is 0 Å². The van der Waals surface area contributed by atoms with Gasteiger partial charge in [-0.25, -0.2) is 4.79 Å². The predicted molar refractivity (Wildman–Crippen MR) is 50.1 cm³/mol. The van der Waals surface area contributed by atoms with E-state index in [0.717, 1.165) is 11.0 Å². The smallest absolute Gasteiger partial charge is 0.418 e. The SMILES string of the molecule is O=C1OCCN1c1ccccc1C(F)(F)F. The van der Waals surface area contributed by atoms with Crippen molar-refractivity contribution in [3.8, 4) is 0 Å². The molecule has 1 aromatic carbocycles. The van der Waals surface area contributed by atoms with E-state index in [1.165, 1.54) is 18.2 Å². The summed E-state index contributed by atoms with van der Waals surface area (Å²) in [5.74, 6) is 0. The maximum Gasteiger partial charge on any atom is 0.418 e. The first-order valence-corrected chi connectivity index (χ1v) is 4.60. The van der Waals surface area contributed by atoms with Crippen LogP contribution in [-0.4, -0.2) is 19.2 Å². The molecule has 2 rings (SSSR count). The van der Waals surface area contributed by atoms with Crippen LogP contribution in [0.5, 0.6) is 0 Å². The van der Waals surface area contributed by atoms with Gasteiger partial charge in [0, 0.05) is 0 Å². The molecule has 0 aromatic heterocycles. The third kappa shape index (κ3) is 1.82. The minimum atomic E-state index is -4.47. The highest BCUT2D eigenvalue weighted by Gasteiger charge is 2.37. The fourth-order valence-electron chi connectivity index (χ4n) is 1.56. The van der Waals surface area contributed by atoms with Gasteiger partial charge in [-0.15, -0.1) is 0 Å². The van der Waals surface area contributed by atoms with E-state index in [1.54, 1.807) is 0 Å². The number of para-hydroxylation sites is 1. The molecule has 0 atom stereocenters. The lowest BCUT2D eigenvalue weighted by molar-refractivity contribution is -0.137. The van der Waals surface area contributed by atoms with Gasteiger partial charge < -0.3 is 4.74 Å². The monoisotopic (exact) mass is 231 g/mol. The molecule has 0 N–H and O–H groups in total. The topological polar surface area (TPSA) is 29.5 Å². The van der Waals surface area contributed by atoms with Crippen molar-refractivity contribution in [1.29, 1.82) is 0 Å². The van der Waals surface area contributed by atoms with Crippen molar-refractivity contribution in [3.05, 3.63) is 29.8 Å². The summed E-state index contributed by atoms with van der Waals surface area (Å²) in [6.45, 7) is 0.261. The minimum Gasteiger partial charge on any atom is -0.447 e. The number of benzene rings is 1. The van der Waals surface area contributed by atoms with Gasteiger partial charge in [-0.05, 0) is 12.1 Å². The molecular weight excluding hydrogens is 223 g/mol. The molecule has 0 bridgehead atoms. The van der Waals surface area contributed by atoms with Crippen molar-refractivity contribution >= 4 is 11.8 Å². The Morgan fingerprint density at radius 1 is 1.25 bits per heavy atom. The molecule has 1 heterocycles. The number of cyclic esters (lactones) is 1. The zero-order chi connectivity index (χ0) is 11.8. The summed E-state index contributed by atoms with van der Waals surface area (Å²) in [5, 5.41) is 0. The Kier molecular flexibility index (Phi) is 2.49. The number of hydrogen-bond donors (Lipinski definition) is 0. The van der Waals surface area contributed by atoms with Crippen molar-refractivity contribution in [2.75, 3.05) is 18.1 Å². The van der Waals surface area contributed by atoms with Crippen LogP contribution < -0.4 is 4.90 Å². The number of alkyl halides is 3. The van der Waals surface area contributed by atoms with Crippen LogP contribution in [-0.2, 0) is 10.9 Å². The van der Waals surface area contributed by atoms with E-state index in [0.29, 0.717) is 0 Å². The Bertz CT molecular complexity index is 417. The Morgan fingerprint density at radius 2 is 1.94 bits per heavy atom. The number of rotatable bonds is 1. The average Bonchev–Trinajstić information content (AvgIpc) is 2.63. The van der Waals surface area contributed by atoms with Crippen molar-refractivity contribution < 1.29 is 22.7 Å². The molecule has 1 aliphatic rings. The number of hydrogen-bond acceptors (Lipinski definition) is 2. The number of halogens is 3. The molecule has 1 fully saturated rings. The lowest BCUT2D eigenvalue weighted by Gasteiger charge is -2.18. The standard InChI is InChI=1S/C10H8F3NO2/c11-10(12,13)7-3-1-2-4-8(7)14-5-6-16-9(14)15/h1-4H,5-6H2. The molecule has 0 radical (unpaired) electrons. The first-order valence-electron chi connectivity index (χ1n) is 4.60. The van der Waals surface area contributed by atoms with Crippen LogP contribution >= 0.6 is 0 Å². The molecule has 16 heavy (non-hydrogen) atoms. The lowest BCUT2D eigenvalue weighted by atomic mass is 10.1. The molecule has 86 valence electrons. The van der Waals surface area contributed by atoms with E-state index in [-0.39, 0.29) is 18.8 Å². The Morgan fingerprint density at radius 3 is 2.50 bits per heavy atom. The second kappa shape index (κ2) is 3.70. The zero-order valence-electron chi connectivity index (χ0n) is 8.12. The summed E-state index contributed by atoms with van der Waals surface area (Å²) in [6, 6.07) is 4.94. The van der Waals surface area contributed by atoms with Crippen LogP contribution in [0, 0.1) is 0 Å². The summed E-state index contributed by atoms with van der Waals surface area (Å²) >= 11 is 0. The largest absolute Gasteiger partial charge is 0.447 e. The molecule has 6 heteroatoms. The van der Waals surface area contributed by atoms with Crippen LogP contribution in [0.25, 0.3) is 0 Å². The summed E-state index contributed by atoms with van der Waals surface area (Å²) in [7, 11) is 0. The molecule has 1 saturated heterocycles. The Balaban J connectivity index is 2.44. The summed E-state index contributed by atoms with van der Waals surface area (Å²) in [5.41, 5.74) is -0.980. The van der Waals surface area contributed by atoms with E-state index >= 15 is 0 Å². The van der Waals surface area contributed by atoms with Crippen LogP contribution in [0.1, 0.15) is 5.56 Å². The molecule has 0 aliphatic carbocycles. The van der Waals surface area contributed by atoms with Gasteiger partial charge in [0.25, 0.3) is 0 Å². The summed E-state index contributed by atoms with van der Waals surface area (Å²) in [6.07, 6.45) is -5.21. The number of anilines is 1. The van der Waals surface area contributed by atoms with E-state index < -0.39 is 17.8 Å². The van der Waals surface area contributed by atoms with E-state index in [4.69, 9.17) is 0 Å². The van der Waals surface area contributed by atoms with Gasteiger partial charge in [0.2, 0.25) is 0 Å². The van der Waals surface area contributed by atoms with Crippen molar-refractivity contribution in [3.63, 3.8) is 0 Å². The summed E-state index contributed by atoms with van der Waals surface area (Å²) in [4.78, 5) is 12.2. The molecule has 3 nitrogen and oxygen atoms in total. The van der Waals surface area contributed by atoms with Gasteiger partial charge in [-0.3, -0.25) is 4.90 Å². The second-order valence-corrected chi connectivity index (χ2v) is 3.28. The summed E-state index contributed by atoms with van der Waals surface area (Å²) < 4.78 is 42.6. The normalized spacial score (nSPS) is 16.4. The van der Waals surface area contributed by atoms with E-state index in [2.05, 4.69) is 4.74 Å². The highest BCUT2D eigenvalue weighted by atomic mass is 19.4.